The van der Waals surface area contributed by atoms with Gasteiger partial charge in [0.1, 0.15) is 18.5 Å². The number of para-hydroxylation sites is 1. The Balaban J connectivity index is 2.36. The largest absolute Gasteiger partial charge is 0.491 e. The van der Waals surface area contributed by atoms with Crippen molar-refractivity contribution in [2.75, 3.05) is 39.8 Å². The van der Waals surface area contributed by atoms with Crippen molar-refractivity contribution < 1.29 is 14.6 Å². The van der Waals surface area contributed by atoms with Gasteiger partial charge in [0.15, 0.2) is 0 Å². The van der Waals surface area contributed by atoms with Crippen LogP contribution in [0.4, 0.5) is 0 Å². The van der Waals surface area contributed by atoms with Crippen LogP contribution in [0.15, 0.2) is 24.3 Å². The summed E-state index contributed by atoms with van der Waals surface area (Å²) in [6, 6.07) is 7.71. The molecule has 1 N–H and O–H groups in total. The van der Waals surface area contributed by atoms with Gasteiger partial charge in [-0.1, -0.05) is 18.2 Å². The van der Waals surface area contributed by atoms with Crippen molar-refractivity contribution in [2.24, 2.45) is 0 Å². The highest BCUT2D eigenvalue weighted by Gasteiger charge is 2.15. The Kier molecular flexibility index (Phi) is 7.91. The van der Waals surface area contributed by atoms with Crippen LogP contribution in [0.1, 0.15) is 19.4 Å². The van der Waals surface area contributed by atoms with Crippen molar-refractivity contribution >= 4 is 5.91 Å². The smallest absolute Gasteiger partial charge is 0.236 e. The first kappa shape index (κ1) is 18.5. The number of aryl methyl sites for hydroxylation is 1. The maximum Gasteiger partial charge on any atom is 0.236 e. The number of likely N-dealkylation sites (N-methyl/N-ethyl adjacent to an activating group) is 2. The second kappa shape index (κ2) is 9.43. The van der Waals surface area contributed by atoms with E-state index in [1.807, 2.05) is 57.0 Å². The number of aliphatic hydroxyl groups is 1. The van der Waals surface area contributed by atoms with E-state index in [-0.39, 0.29) is 12.5 Å². The monoisotopic (exact) mass is 308 g/mol. The van der Waals surface area contributed by atoms with Crippen LogP contribution in [-0.2, 0) is 4.79 Å². The number of hydrogen-bond donors (Lipinski definition) is 1. The maximum atomic E-state index is 12.0. The van der Waals surface area contributed by atoms with Crippen LogP contribution in [0.2, 0.25) is 0 Å². The predicted octanol–water partition coefficient (Wildman–Crippen LogP) is 1.53. The molecule has 1 unspecified atom stereocenters. The van der Waals surface area contributed by atoms with Crippen LogP contribution in [0.5, 0.6) is 5.75 Å². The average Bonchev–Trinajstić information content (AvgIpc) is 2.47. The summed E-state index contributed by atoms with van der Waals surface area (Å²) < 4.78 is 5.62. The van der Waals surface area contributed by atoms with Crippen LogP contribution < -0.4 is 4.74 Å². The zero-order chi connectivity index (χ0) is 16.5. The Morgan fingerprint density at radius 1 is 1.27 bits per heavy atom. The standard InChI is InChI=1S/C17H28N2O3/c1-5-19(6-2)17(21)12-18(4)11-15(20)13-22-16-10-8-7-9-14(16)3/h7-10,15,20H,5-6,11-13H2,1-4H3. The molecule has 0 aliphatic carbocycles. The minimum absolute atomic E-state index is 0.0829. The third kappa shape index (κ3) is 6.03. The quantitative estimate of drug-likeness (QED) is 0.752. The predicted molar refractivity (Wildman–Crippen MR) is 88.1 cm³/mol. The zero-order valence-electron chi connectivity index (χ0n) is 14.1. The third-order valence-corrected chi connectivity index (χ3v) is 3.57. The van der Waals surface area contributed by atoms with E-state index in [9.17, 15) is 9.90 Å². The normalized spacial score (nSPS) is 12.3. The third-order valence-electron chi connectivity index (χ3n) is 3.57. The molecule has 0 heterocycles. The van der Waals surface area contributed by atoms with E-state index < -0.39 is 6.10 Å². The minimum Gasteiger partial charge on any atom is -0.491 e. The molecular formula is C17H28N2O3. The first-order valence-corrected chi connectivity index (χ1v) is 7.80. The lowest BCUT2D eigenvalue weighted by Crippen LogP contribution is -2.42. The molecule has 0 saturated heterocycles. The van der Waals surface area contributed by atoms with Crippen molar-refractivity contribution in [2.45, 2.75) is 26.9 Å². The molecular weight excluding hydrogens is 280 g/mol. The maximum absolute atomic E-state index is 12.0. The van der Waals surface area contributed by atoms with Crippen LogP contribution in [-0.4, -0.2) is 66.8 Å². The van der Waals surface area contributed by atoms with E-state index >= 15 is 0 Å². The Hall–Kier alpha value is -1.59. The summed E-state index contributed by atoms with van der Waals surface area (Å²) in [6.45, 7) is 8.25. The number of nitrogens with zero attached hydrogens (tertiary/aromatic N) is 2. The number of aliphatic hydroxyl groups excluding tert-OH is 1. The Labute approximate surface area is 133 Å². The molecule has 22 heavy (non-hydrogen) atoms. The van der Waals surface area contributed by atoms with Crippen LogP contribution in [0.25, 0.3) is 0 Å². The minimum atomic E-state index is -0.630. The van der Waals surface area contributed by atoms with Crippen molar-refractivity contribution in [1.29, 1.82) is 0 Å². The van der Waals surface area contributed by atoms with Crippen molar-refractivity contribution in [3.63, 3.8) is 0 Å². The van der Waals surface area contributed by atoms with Crippen molar-refractivity contribution in [3.8, 4) is 5.75 Å². The molecule has 1 aromatic rings. The summed E-state index contributed by atoms with van der Waals surface area (Å²) in [4.78, 5) is 15.6. The molecule has 1 atom stereocenters. The van der Waals surface area contributed by atoms with E-state index in [1.54, 1.807) is 4.90 Å². The summed E-state index contributed by atoms with van der Waals surface area (Å²) in [5.74, 6) is 0.864. The highest BCUT2D eigenvalue weighted by Crippen LogP contribution is 2.16. The molecule has 1 aromatic carbocycles. The molecule has 1 rings (SSSR count). The van der Waals surface area contributed by atoms with Gasteiger partial charge in [-0.25, -0.2) is 0 Å². The van der Waals surface area contributed by atoms with Crippen LogP contribution in [0.3, 0.4) is 0 Å². The van der Waals surface area contributed by atoms with E-state index in [0.29, 0.717) is 26.2 Å². The fraction of sp³-hybridized carbons (Fsp3) is 0.588. The molecule has 0 radical (unpaired) electrons. The van der Waals surface area contributed by atoms with Gasteiger partial charge in [-0.15, -0.1) is 0 Å². The Morgan fingerprint density at radius 3 is 2.50 bits per heavy atom. The van der Waals surface area contributed by atoms with Gasteiger partial charge in [0.05, 0.1) is 6.54 Å². The SMILES string of the molecule is CCN(CC)C(=O)CN(C)CC(O)COc1ccccc1C. The molecule has 0 spiro atoms. The lowest BCUT2D eigenvalue weighted by atomic mass is 10.2. The Morgan fingerprint density at radius 2 is 1.91 bits per heavy atom. The number of rotatable bonds is 9. The Bertz CT molecular complexity index is 461. The molecule has 0 aliphatic rings. The second-order valence-electron chi connectivity index (χ2n) is 5.49. The number of carbonyl (C=O) groups is 1. The summed E-state index contributed by atoms with van der Waals surface area (Å²) in [5, 5.41) is 10.0. The summed E-state index contributed by atoms with van der Waals surface area (Å²) in [6.07, 6.45) is -0.630. The van der Waals surface area contributed by atoms with Crippen LogP contribution in [0, 0.1) is 6.92 Å². The molecule has 1 amide bonds. The molecule has 5 heteroatoms. The highest BCUT2D eigenvalue weighted by atomic mass is 16.5. The summed E-state index contributed by atoms with van der Waals surface area (Å²) >= 11 is 0. The van der Waals surface area contributed by atoms with Gasteiger partial charge < -0.3 is 14.7 Å². The van der Waals surface area contributed by atoms with Gasteiger partial charge in [-0.05, 0) is 39.4 Å². The van der Waals surface area contributed by atoms with Gasteiger partial charge in [-0.2, -0.15) is 0 Å². The highest BCUT2D eigenvalue weighted by molar-refractivity contribution is 5.78. The van der Waals surface area contributed by atoms with Gasteiger partial charge in [0, 0.05) is 19.6 Å². The number of carbonyl (C=O) groups excluding carboxylic acids is 1. The first-order valence-electron chi connectivity index (χ1n) is 7.80. The van der Waals surface area contributed by atoms with E-state index in [2.05, 4.69) is 0 Å². The second-order valence-corrected chi connectivity index (χ2v) is 5.49. The van der Waals surface area contributed by atoms with Crippen molar-refractivity contribution in [1.82, 2.24) is 9.80 Å². The van der Waals surface area contributed by atoms with Crippen LogP contribution >= 0.6 is 0 Å². The molecule has 0 fully saturated rings. The molecule has 0 saturated carbocycles. The lowest BCUT2D eigenvalue weighted by molar-refractivity contribution is -0.132. The fourth-order valence-corrected chi connectivity index (χ4v) is 2.29. The number of amides is 1. The topological polar surface area (TPSA) is 53.0 Å². The van der Waals surface area contributed by atoms with Gasteiger partial charge >= 0.3 is 0 Å². The van der Waals surface area contributed by atoms with E-state index in [1.165, 1.54) is 0 Å². The lowest BCUT2D eigenvalue weighted by Gasteiger charge is -2.24. The summed E-state index contributed by atoms with van der Waals surface area (Å²) in [7, 11) is 1.83. The number of benzene rings is 1. The molecule has 0 aliphatic heterocycles. The molecule has 5 nitrogen and oxygen atoms in total. The van der Waals surface area contributed by atoms with Gasteiger partial charge in [0.2, 0.25) is 5.91 Å². The van der Waals surface area contributed by atoms with E-state index in [0.717, 1.165) is 11.3 Å². The zero-order valence-corrected chi connectivity index (χ0v) is 14.1. The number of hydrogen-bond acceptors (Lipinski definition) is 4. The van der Waals surface area contributed by atoms with Gasteiger partial charge in [0.25, 0.3) is 0 Å². The first-order chi connectivity index (χ1) is 10.5. The fourth-order valence-electron chi connectivity index (χ4n) is 2.29. The summed E-state index contributed by atoms with van der Waals surface area (Å²) in [5.41, 5.74) is 1.04. The van der Waals surface area contributed by atoms with Crippen molar-refractivity contribution in [3.05, 3.63) is 29.8 Å². The molecule has 0 bridgehead atoms. The molecule has 124 valence electrons. The number of ether oxygens (including phenoxy) is 1. The molecule has 0 aromatic heterocycles. The average molecular weight is 308 g/mol. The van der Waals surface area contributed by atoms with Gasteiger partial charge in [-0.3, -0.25) is 9.69 Å². The van der Waals surface area contributed by atoms with E-state index in [4.69, 9.17) is 4.74 Å².